The quantitative estimate of drug-likeness (QED) is 0.734. The third-order valence-corrected chi connectivity index (χ3v) is 5.78. The van der Waals surface area contributed by atoms with Gasteiger partial charge in [-0.25, -0.2) is 9.97 Å². The van der Waals surface area contributed by atoms with Crippen LogP contribution in [0.2, 0.25) is 0 Å². The molecule has 0 atom stereocenters. The van der Waals surface area contributed by atoms with Crippen molar-refractivity contribution in [3.05, 3.63) is 42.0 Å². The Bertz CT molecular complexity index is 784. The van der Waals surface area contributed by atoms with E-state index in [4.69, 9.17) is 4.98 Å². The smallest absolute Gasteiger partial charge is 0.186 e. The van der Waals surface area contributed by atoms with Gasteiger partial charge in [0.05, 0.1) is 15.9 Å². The minimum atomic E-state index is 0.940. The number of imidazole rings is 1. The first-order chi connectivity index (χ1) is 11.7. The zero-order chi connectivity index (χ0) is 16.5. The first-order valence-corrected chi connectivity index (χ1v) is 9.32. The van der Waals surface area contributed by atoms with E-state index in [2.05, 4.69) is 63.8 Å². The number of benzene rings is 1. The maximum atomic E-state index is 4.81. The fourth-order valence-electron chi connectivity index (χ4n) is 3.25. The fourth-order valence-corrected chi connectivity index (χ4v) is 4.27. The average Bonchev–Trinajstić information content (AvgIpc) is 3.04. The lowest BCUT2D eigenvalue weighted by molar-refractivity contribution is 0.282. The largest absolute Gasteiger partial charge is 0.347 e. The number of rotatable bonds is 3. The number of aromatic nitrogens is 3. The summed E-state index contributed by atoms with van der Waals surface area (Å²) in [6.07, 6.45) is 3.31. The molecule has 0 spiro atoms. The first kappa shape index (κ1) is 15.6. The zero-order valence-electron chi connectivity index (χ0n) is 14.3. The summed E-state index contributed by atoms with van der Waals surface area (Å²) in [5.74, 6) is 1.08. The van der Waals surface area contributed by atoms with Gasteiger partial charge >= 0.3 is 0 Å². The van der Waals surface area contributed by atoms with Crippen molar-refractivity contribution in [1.29, 1.82) is 0 Å². The summed E-state index contributed by atoms with van der Waals surface area (Å²) in [5.41, 5.74) is 2.28. The van der Waals surface area contributed by atoms with Gasteiger partial charge in [-0.15, -0.1) is 0 Å². The molecule has 0 radical (unpaired) electrons. The van der Waals surface area contributed by atoms with Crippen LogP contribution in [-0.2, 0) is 13.6 Å². The number of aryl methyl sites for hydroxylation is 2. The summed E-state index contributed by atoms with van der Waals surface area (Å²) in [4.78, 5) is 14.4. The first-order valence-electron chi connectivity index (χ1n) is 8.51. The summed E-state index contributed by atoms with van der Waals surface area (Å²) in [5, 5.41) is 1.16. The summed E-state index contributed by atoms with van der Waals surface area (Å²) in [6, 6.07) is 8.40. The topological polar surface area (TPSA) is 37.2 Å². The second kappa shape index (κ2) is 6.53. The Morgan fingerprint density at radius 3 is 2.75 bits per heavy atom. The summed E-state index contributed by atoms with van der Waals surface area (Å²) in [6.45, 7) is 7.29. The van der Waals surface area contributed by atoms with E-state index in [0.717, 1.165) is 49.2 Å². The van der Waals surface area contributed by atoms with Gasteiger partial charge in [-0.2, -0.15) is 0 Å². The Kier molecular flexibility index (Phi) is 4.24. The van der Waals surface area contributed by atoms with Gasteiger partial charge in [0.25, 0.3) is 0 Å². The van der Waals surface area contributed by atoms with Crippen LogP contribution in [0.25, 0.3) is 10.2 Å². The van der Waals surface area contributed by atoms with E-state index >= 15 is 0 Å². The van der Waals surface area contributed by atoms with E-state index in [1.807, 2.05) is 0 Å². The van der Waals surface area contributed by atoms with E-state index in [-0.39, 0.29) is 0 Å². The van der Waals surface area contributed by atoms with Crippen LogP contribution < -0.4 is 4.90 Å². The predicted molar refractivity (Wildman–Crippen MR) is 99.7 cm³/mol. The highest BCUT2D eigenvalue weighted by molar-refractivity contribution is 7.22. The molecule has 3 aromatic rings. The molecule has 3 heterocycles. The molecule has 0 saturated carbocycles. The van der Waals surface area contributed by atoms with E-state index in [9.17, 15) is 0 Å². The van der Waals surface area contributed by atoms with Gasteiger partial charge in [0.15, 0.2) is 5.13 Å². The molecule has 24 heavy (non-hydrogen) atoms. The van der Waals surface area contributed by atoms with Crippen molar-refractivity contribution in [2.75, 3.05) is 31.1 Å². The molecular formula is C18H23N5S. The van der Waals surface area contributed by atoms with Crippen molar-refractivity contribution < 1.29 is 0 Å². The van der Waals surface area contributed by atoms with Crippen molar-refractivity contribution in [2.24, 2.45) is 7.05 Å². The molecule has 4 rings (SSSR count). The van der Waals surface area contributed by atoms with Crippen LogP contribution in [0.4, 0.5) is 5.13 Å². The molecule has 0 N–H and O–H groups in total. The van der Waals surface area contributed by atoms with Gasteiger partial charge in [0.2, 0.25) is 0 Å². The van der Waals surface area contributed by atoms with Crippen molar-refractivity contribution >= 4 is 26.7 Å². The Balaban J connectivity index is 1.44. The minimum absolute atomic E-state index is 0.940. The third-order valence-electron chi connectivity index (χ3n) is 4.69. The number of fused-ring (bicyclic) bond motifs is 1. The van der Waals surface area contributed by atoms with Gasteiger partial charge in [0.1, 0.15) is 5.82 Å². The number of nitrogens with zero attached hydrogens (tertiary/aromatic N) is 5. The SMILES string of the molecule is Cc1nc(CN2CCCN(c3nc4ccccc4s3)CC2)cn1C. The van der Waals surface area contributed by atoms with Crippen molar-refractivity contribution in [1.82, 2.24) is 19.4 Å². The number of hydrogen-bond acceptors (Lipinski definition) is 5. The highest BCUT2D eigenvalue weighted by Crippen LogP contribution is 2.29. The molecule has 1 saturated heterocycles. The molecule has 0 aliphatic carbocycles. The summed E-state index contributed by atoms with van der Waals surface area (Å²) in [7, 11) is 2.06. The van der Waals surface area contributed by atoms with Crippen LogP contribution in [0.5, 0.6) is 0 Å². The molecule has 0 bridgehead atoms. The van der Waals surface area contributed by atoms with Crippen molar-refractivity contribution in [2.45, 2.75) is 19.9 Å². The molecule has 1 fully saturated rings. The van der Waals surface area contributed by atoms with E-state index in [1.165, 1.54) is 16.8 Å². The Labute approximate surface area is 146 Å². The molecule has 2 aromatic heterocycles. The normalized spacial score (nSPS) is 16.7. The van der Waals surface area contributed by atoms with Gasteiger partial charge in [0, 0.05) is 46.0 Å². The Hall–Kier alpha value is -1.92. The predicted octanol–water partition coefficient (Wildman–Crippen LogP) is 3.05. The van der Waals surface area contributed by atoms with Gasteiger partial charge in [-0.05, 0) is 25.5 Å². The van der Waals surface area contributed by atoms with Crippen LogP contribution in [-0.4, -0.2) is 45.6 Å². The second-order valence-corrected chi connectivity index (χ2v) is 7.48. The number of thiazole rings is 1. The van der Waals surface area contributed by atoms with Crippen LogP contribution in [0.1, 0.15) is 17.9 Å². The van der Waals surface area contributed by atoms with Crippen LogP contribution >= 0.6 is 11.3 Å². The molecule has 0 amide bonds. The number of hydrogen-bond donors (Lipinski definition) is 0. The van der Waals surface area contributed by atoms with Crippen LogP contribution in [0.15, 0.2) is 30.5 Å². The van der Waals surface area contributed by atoms with E-state index < -0.39 is 0 Å². The van der Waals surface area contributed by atoms with Crippen LogP contribution in [0.3, 0.4) is 0 Å². The van der Waals surface area contributed by atoms with Gasteiger partial charge in [-0.1, -0.05) is 23.5 Å². The summed E-state index contributed by atoms with van der Waals surface area (Å²) >= 11 is 1.80. The molecule has 1 aliphatic heterocycles. The van der Waals surface area contributed by atoms with Crippen LogP contribution in [0, 0.1) is 6.92 Å². The molecule has 5 nitrogen and oxygen atoms in total. The fraction of sp³-hybridized carbons (Fsp3) is 0.444. The number of para-hydroxylation sites is 1. The van der Waals surface area contributed by atoms with E-state index in [1.54, 1.807) is 11.3 Å². The highest BCUT2D eigenvalue weighted by Gasteiger charge is 2.18. The molecular weight excluding hydrogens is 318 g/mol. The Morgan fingerprint density at radius 1 is 1.08 bits per heavy atom. The highest BCUT2D eigenvalue weighted by atomic mass is 32.1. The maximum Gasteiger partial charge on any atom is 0.186 e. The van der Waals surface area contributed by atoms with Gasteiger partial charge < -0.3 is 9.47 Å². The molecule has 1 aromatic carbocycles. The van der Waals surface area contributed by atoms with E-state index in [0.29, 0.717) is 0 Å². The lowest BCUT2D eigenvalue weighted by Crippen LogP contribution is -2.30. The molecule has 1 aliphatic rings. The standard InChI is InChI=1S/C18H23N5S/c1-14-19-15(12-21(14)2)13-22-8-5-9-23(11-10-22)18-20-16-6-3-4-7-17(16)24-18/h3-4,6-7,12H,5,8-11,13H2,1-2H3. The Morgan fingerprint density at radius 2 is 1.96 bits per heavy atom. The third kappa shape index (κ3) is 3.16. The lowest BCUT2D eigenvalue weighted by Gasteiger charge is -2.20. The van der Waals surface area contributed by atoms with Crippen molar-refractivity contribution in [3.63, 3.8) is 0 Å². The summed E-state index contributed by atoms with van der Waals surface area (Å²) < 4.78 is 3.37. The molecule has 0 unspecified atom stereocenters. The monoisotopic (exact) mass is 341 g/mol. The molecule has 126 valence electrons. The van der Waals surface area contributed by atoms with Gasteiger partial charge in [-0.3, -0.25) is 4.90 Å². The minimum Gasteiger partial charge on any atom is -0.347 e. The maximum absolute atomic E-state index is 4.81. The average molecular weight is 341 g/mol. The second-order valence-electron chi connectivity index (χ2n) is 6.47. The van der Waals surface area contributed by atoms with Crippen molar-refractivity contribution in [3.8, 4) is 0 Å². The lowest BCUT2D eigenvalue weighted by atomic mass is 10.3. The number of anilines is 1. The molecule has 6 heteroatoms. The zero-order valence-corrected chi connectivity index (χ0v) is 15.1.